The predicted octanol–water partition coefficient (Wildman–Crippen LogP) is 2.27. The van der Waals surface area contributed by atoms with Gasteiger partial charge in [-0.1, -0.05) is 38.8 Å². The molecule has 3 saturated heterocycles. The summed E-state index contributed by atoms with van der Waals surface area (Å²) in [4.78, 5) is 15.6. The number of carbonyl (C=O) groups is 1. The van der Waals surface area contributed by atoms with E-state index in [9.17, 15) is 21.6 Å². The van der Waals surface area contributed by atoms with Gasteiger partial charge in [0.15, 0.2) is 0 Å². The SMILES string of the molecule is CC(C)[C@H]1C(=O)N(S(C)(=O)=O)[C@H]2CCN(S(=O)(=O)c3ccc(CN4CCCCCC4)cc3)[C@H]12. The summed E-state index contributed by atoms with van der Waals surface area (Å²) in [5.74, 6) is -1.34. The van der Waals surface area contributed by atoms with Crippen LogP contribution in [-0.2, 0) is 31.4 Å². The van der Waals surface area contributed by atoms with Crippen LogP contribution in [0.4, 0.5) is 0 Å². The second kappa shape index (κ2) is 9.28. The molecule has 10 heteroatoms. The summed E-state index contributed by atoms with van der Waals surface area (Å²) < 4.78 is 54.2. The maximum atomic E-state index is 13.6. The number of sulfonamides is 2. The van der Waals surface area contributed by atoms with Crippen molar-refractivity contribution in [3.05, 3.63) is 29.8 Å². The highest BCUT2D eigenvalue weighted by Crippen LogP contribution is 2.43. The number of amides is 1. The Hall–Kier alpha value is -1.49. The normalized spacial score (nSPS) is 27.8. The lowest BCUT2D eigenvalue weighted by molar-refractivity contribution is -0.129. The van der Waals surface area contributed by atoms with E-state index >= 15 is 0 Å². The molecule has 4 rings (SSSR count). The van der Waals surface area contributed by atoms with Crippen molar-refractivity contribution < 1.29 is 21.6 Å². The van der Waals surface area contributed by atoms with Crippen LogP contribution in [0, 0.1) is 11.8 Å². The fourth-order valence-corrected chi connectivity index (χ4v) is 8.59. The smallest absolute Gasteiger partial charge is 0.243 e. The fourth-order valence-electron chi connectivity index (χ4n) is 5.73. The topological polar surface area (TPSA) is 95.1 Å². The summed E-state index contributed by atoms with van der Waals surface area (Å²) in [6.07, 6.45) is 6.27. The van der Waals surface area contributed by atoms with Crippen molar-refractivity contribution in [3.8, 4) is 0 Å². The summed E-state index contributed by atoms with van der Waals surface area (Å²) in [6, 6.07) is 5.71. The van der Waals surface area contributed by atoms with Crippen LogP contribution in [0.3, 0.4) is 0 Å². The van der Waals surface area contributed by atoms with Gasteiger partial charge in [0.2, 0.25) is 26.0 Å². The van der Waals surface area contributed by atoms with Gasteiger partial charge in [-0.25, -0.2) is 21.1 Å². The van der Waals surface area contributed by atoms with Crippen molar-refractivity contribution in [3.63, 3.8) is 0 Å². The standard InChI is InChI=1S/C23H35N3O5S2/c1-17(2)21-22-20(26(23(21)27)32(3,28)29)12-15-25(22)33(30,31)19-10-8-18(9-11-19)16-24-13-6-4-5-7-14-24/h8-11,17,20-22H,4-7,12-16H2,1-3H3/t20-,21+,22-/m0/s1. The molecule has 1 amide bonds. The first-order chi connectivity index (χ1) is 15.5. The molecule has 0 spiro atoms. The first-order valence-corrected chi connectivity index (χ1v) is 15.2. The molecular formula is C23H35N3O5S2. The zero-order chi connectivity index (χ0) is 24.0. The Morgan fingerprint density at radius 1 is 0.939 bits per heavy atom. The van der Waals surface area contributed by atoms with E-state index in [1.54, 1.807) is 12.1 Å². The summed E-state index contributed by atoms with van der Waals surface area (Å²) in [6.45, 7) is 6.83. The molecule has 3 fully saturated rings. The van der Waals surface area contributed by atoms with Crippen molar-refractivity contribution >= 4 is 26.0 Å². The molecule has 0 radical (unpaired) electrons. The number of hydrogen-bond donors (Lipinski definition) is 0. The predicted molar refractivity (Wildman–Crippen MR) is 126 cm³/mol. The van der Waals surface area contributed by atoms with Crippen molar-refractivity contribution in [2.24, 2.45) is 11.8 Å². The third kappa shape index (κ3) is 4.72. The minimum Gasteiger partial charge on any atom is -0.299 e. The largest absolute Gasteiger partial charge is 0.299 e. The van der Waals surface area contributed by atoms with E-state index < -0.39 is 44.0 Å². The van der Waals surface area contributed by atoms with Crippen LogP contribution in [0.1, 0.15) is 51.5 Å². The van der Waals surface area contributed by atoms with Gasteiger partial charge in [0, 0.05) is 13.1 Å². The highest BCUT2D eigenvalue weighted by Gasteiger charge is 2.59. The van der Waals surface area contributed by atoms with Crippen LogP contribution in [0.2, 0.25) is 0 Å². The van der Waals surface area contributed by atoms with E-state index in [-0.39, 0.29) is 17.4 Å². The number of fused-ring (bicyclic) bond motifs is 1. The average Bonchev–Trinajstić information content (AvgIpc) is 3.14. The number of carbonyl (C=O) groups excluding carboxylic acids is 1. The van der Waals surface area contributed by atoms with Gasteiger partial charge in [-0.05, 0) is 56.0 Å². The molecule has 184 valence electrons. The Labute approximate surface area is 198 Å². The van der Waals surface area contributed by atoms with Crippen LogP contribution in [0.25, 0.3) is 0 Å². The molecule has 0 aliphatic carbocycles. The maximum absolute atomic E-state index is 13.6. The zero-order valence-electron chi connectivity index (χ0n) is 19.7. The van der Waals surface area contributed by atoms with Crippen molar-refractivity contribution in [1.29, 1.82) is 0 Å². The zero-order valence-corrected chi connectivity index (χ0v) is 21.3. The fraction of sp³-hybridized carbons (Fsp3) is 0.696. The van der Waals surface area contributed by atoms with Crippen LogP contribution < -0.4 is 0 Å². The lowest BCUT2D eigenvalue weighted by Gasteiger charge is -2.28. The average molecular weight is 498 g/mol. The molecule has 8 nitrogen and oxygen atoms in total. The van der Waals surface area contributed by atoms with Crippen molar-refractivity contribution in [2.75, 3.05) is 25.9 Å². The third-order valence-corrected chi connectivity index (χ3v) is 10.3. The molecule has 0 saturated carbocycles. The van der Waals surface area contributed by atoms with Crippen LogP contribution in [0.15, 0.2) is 29.2 Å². The van der Waals surface area contributed by atoms with Gasteiger partial charge in [0.1, 0.15) is 0 Å². The number of hydrogen-bond acceptors (Lipinski definition) is 6. The molecule has 3 heterocycles. The Kier molecular flexibility index (Phi) is 6.93. The second-order valence-corrected chi connectivity index (χ2v) is 13.7. The monoisotopic (exact) mass is 497 g/mol. The molecule has 1 aromatic rings. The summed E-state index contributed by atoms with van der Waals surface area (Å²) in [7, 11) is -7.63. The van der Waals surface area contributed by atoms with Gasteiger partial charge in [0.25, 0.3) is 0 Å². The molecule has 0 unspecified atom stereocenters. The lowest BCUT2D eigenvalue weighted by atomic mass is 9.89. The van der Waals surface area contributed by atoms with E-state index in [1.165, 1.54) is 30.0 Å². The number of likely N-dealkylation sites (tertiary alicyclic amines) is 1. The minimum atomic E-state index is -3.86. The molecule has 1 aromatic carbocycles. The summed E-state index contributed by atoms with van der Waals surface area (Å²) in [5, 5.41) is 0. The molecule has 33 heavy (non-hydrogen) atoms. The van der Waals surface area contributed by atoms with Crippen LogP contribution in [-0.4, -0.2) is 74.2 Å². The van der Waals surface area contributed by atoms with Gasteiger partial charge in [-0.2, -0.15) is 4.31 Å². The van der Waals surface area contributed by atoms with Gasteiger partial charge < -0.3 is 0 Å². The number of nitrogens with zero attached hydrogens (tertiary/aromatic N) is 3. The Balaban J connectivity index is 1.57. The number of rotatable bonds is 6. The molecule has 0 N–H and O–H groups in total. The highest BCUT2D eigenvalue weighted by molar-refractivity contribution is 7.89. The third-order valence-electron chi connectivity index (χ3n) is 7.25. The molecule has 0 bridgehead atoms. The van der Waals surface area contributed by atoms with Gasteiger partial charge in [-0.3, -0.25) is 9.69 Å². The maximum Gasteiger partial charge on any atom is 0.243 e. The highest BCUT2D eigenvalue weighted by atomic mass is 32.2. The van der Waals surface area contributed by atoms with Gasteiger partial charge >= 0.3 is 0 Å². The Bertz CT molecular complexity index is 1080. The lowest BCUT2D eigenvalue weighted by Crippen LogP contribution is -2.44. The second-order valence-electron chi connectivity index (χ2n) is 9.96. The van der Waals surface area contributed by atoms with E-state index in [0.29, 0.717) is 6.42 Å². The Morgan fingerprint density at radius 3 is 2.09 bits per heavy atom. The van der Waals surface area contributed by atoms with E-state index in [1.807, 2.05) is 26.0 Å². The molecule has 3 atom stereocenters. The van der Waals surface area contributed by atoms with Crippen LogP contribution in [0.5, 0.6) is 0 Å². The van der Waals surface area contributed by atoms with E-state index in [0.717, 1.165) is 35.8 Å². The number of benzene rings is 1. The molecule has 3 aliphatic heterocycles. The first kappa shape index (κ1) is 24.6. The van der Waals surface area contributed by atoms with E-state index in [2.05, 4.69) is 4.90 Å². The van der Waals surface area contributed by atoms with Gasteiger partial charge in [-0.15, -0.1) is 0 Å². The van der Waals surface area contributed by atoms with Crippen molar-refractivity contribution in [1.82, 2.24) is 13.5 Å². The Morgan fingerprint density at radius 2 is 1.55 bits per heavy atom. The first-order valence-electron chi connectivity index (χ1n) is 11.9. The molecular weight excluding hydrogens is 462 g/mol. The molecule has 0 aromatic heterocycles. The summed E-state index contributed by atoms with van der Waals surface area (Å²) in [5.41, 5.74) is 1.08. The quantitative estimate of drug-likeness (QED) is 0.598. The van der Waals surface area contributed by atoms with Crippen LogP contribution >= 0.6 is 0 Å². The van der Waals surface area contributed by atoms with Gasteiger partial charge in [0.05, 0.1) is 29.2 Å². The molecule has 3 aliphatic rings. The van der Waals surface area contributed by atoms with E-state index in [4.69, 9.17) is 0 Å². The van der Waals surface area contributed by atoms with Crippen molar-refractivity contribution in [2.45, 2.75) is 69.5 Å². The minimum absolute atomic E-state index is 0.177. The summed E-state index contributed by atoms with van der Waals surface area (Å²) >= 11 is 0.